The fourth-order valence-corrected chi connectivity index (χ4v) is 4.28. The predicted octanol–water partition coefficient (Wildman–Crippen LogP) is 1.83. The number of nitrogens with zero attached hydrogens (tertiary/aromatic N) is 5. The molecule has 2 amide bonds. The maximum atomic E-state index is 14.8. The highest BCUT2D eigenvalue weighted by molar-refractivity contribution is 6.00. The van der Waals surface area contributed by atoms with Crippen LogP contribution in [0.4, 0.5) is 29.3 Å². The highest BCUT2D eigenvalue weighted by Gasteiger charge is 2.54. The van der Waals surface area contributed by atoms with Gasteiger partial charge in [0.2, 0.25) is 5.91 Å². The number of ether oxygens (including phenoxy) is 1. The van der Waals surface area contributed by atoms with Crippen molar-refractivity contribution in [3.05, 3.63) is 35.4 Å². The van der Waals surface area contributed by atoms with Gasteiger partial charge in [-0.15, -0.1) is 5.10 Å². The summed E-state index contributed by atoms with van der Waals surface area (Å²) in [5, 5.41) is 7.51. The molecule has 1 aromatic carbocycles. The summed E-state index contributed by atoms with van der Waals surface area (Å²) in [5.41, 5.74) is -0.713. The molecule has 0 saturated carbocycles. The highest BCUT2D eigenvalue weighted by atomic mass is 19.3. The van der Waals surface area contributed by atoms with Gasteiger partial charge in [-0.1, -0.05) is 5.21 Å². The second-order valence-electron chi connectivity index (χ2n) is 7.10. The molecule has 3 aliphatic heterocycles. The first-order valence-electron chi connectivity index (χ1n) is 8.62. The van der Waals surface area contributed by atoms with Crippen LogP contribution in [-0.2, 0) is 28.4 Å². The number of amides is 2. The summed E-state index contributed by atoms with van der Waals surface area (Å²) in [6.07, 6.45) is 0.713. The second-order valence-corrected chi connectivity index (χ2v) is 7.10. The lowest BCUT2D eigenvalue weighted by Gasteiger charge is -2.33. The van der Waals surface area contributed by atoms with E-state index in [0.717, 1.165) is 11.0 Å². The monoisotopic (exact) mass is 393 g/mol. The van der Waals surface area contributed by atoms with Crippen LogP contribution < -0.4 is 9.80 Å². The van der Waals surface area contributed by atoms with Gasteiger partial charge in [0.05, 0.1) is 42.1 Å². The normalized spacial score (nSPS) is 24.9. The molecule has 146 valence electrons. The van der Waals surface area contributed by atoms with Crippen molar-refractivity contribution in [1.82, 2.24) is 15.0 Å². The Morgan fingerprint density at radius 1 is 1.36 bits per heavy atom. The maximum Gasteiger partial charge on any atom is 0.415 e. The van der Waals surface area contributed by atoms with Crippen molar-refractivity contribution in [3.63, 3.8) is 0 Å². The fourth-order valence-electron chi connectivity index (χ4n) is 4.28. The van der Waals surface area contributed by atoms with Crippen LogP contribution >= 0.6 is 0 Å². The Labute approximate surface area is 156 Å². The first kappa shape index (κ1) is 17.0. The van der Waals surface area contributed by atoms with Gasteiger partial charge in [-0.2, -0.15) is 0 Å². The second kappa shape index (κ2) is 5.46. The quantitative estimate of drug-likeness (QED) is 0.778. The zero-order valence-corrected chi connectivity index (χ0v) is 14.6. The standard InChI is InChI=1S/C17H14F3N5O3/c1-23-13(26)6-17(19,20)14-8-4-11-12(7-24-3-2-21-22-24)28-16(27)25(11)10(8)5-9(18)15(14)23/h2-3,5,11-12H,4,6-7H2,1H3/t11-,12-/m0/s1. The molecule has 0 unspecified atom stereocenters. The summed E-state index contributed by atoms with van der Waals surface area (Å²) in [7, 11) is 1.27. The number of aromatic nitrogens is 3. The summed E-state index contributed by atoms with van der Waals surface area (Å²) in [6, 6.07) is 0.453. The van der Waals surface area contributed by atoms with Crippen LogP contribution in [0.15, 0.2) is 18.5 Å². The van der Waals surface area contributed by atoms with Crippen LogP contribution in [0, 0.1) is 5.82 Å². The van der Waals surface area contributed by atoms with Crippen molar-refractivity contribution in [2.75, 3.05) is 16.8 Å². The minimum atomic E-state index is -3.52. The van der Waals surface area contributed by atoms with E-state index >= 15 is 0 Å². The van der Waals surface area contributed by atoms with E-state index in [9.17, 15) is 22.8 Å². The largest absolute Gasteiger partial charge is 0.442 e. The topological polar surface area (TPSA) is 80.6 Å². The molecule has 2 aromatic rings. The molecule has 2 atom stereocenters. The summed E-state index contributed by atoms with van der Waals surface area (Å²) < 4.78 is 51.1. The van der Waals surface area contributed by atoms with Gasteiger partial charge in [-0.25, -0.2) is 22.6 Å². The molecule has 1 saturated heterocycles. The Morgan fingerprint density at radius 3 is 2.86 bits per heavy atom. The first-order valence-corrected chi connectivity index (χ1v) is 8.62. The smallest absolute Gasteiger partial charge is 0.415 e. The number of halogens is 3. The van der Waals surface area contributed by atoms with Crippen LogP contribution in [0.3, 0.4) is 0 Å². The predicted molar refractivity (Wildman–Crippen MR) is 88.6 cm³/mol. The van der Waals surface area contributed by atoms with Crippen LogP contribution in [0.1, 0.15) is 17.5 Å². The Kier molecular flexibility index (Phi) is 3.32. The van der Waals surface area contributed by atoms with Crippen molar-refractivity contribution in [2.24, 2.45) is 0 Å². The average Bonchev–Trinajstić information content (AvgIpc) is 3.31. The minimum absolute atomic E-state index is 0.0646. The molecule has 5 rings (SSSR count). The third kappa shape index (κ3) is 2.18. The number of benzene rings is 1. The third-order valence-corrected chi connectivity index (χ3v) is 5.51. The zero-order valence-electron chi connectivity index (χ0n) is 14.6. The molecule has 0 aliphatic carbocycles. The molecule has 8 nitrogen and oxygen atoms in total. The lowest BCUT2D eigenvalue weighted by Crippen LogP contribution is -2.39. The number of rotatable bonds is 2. The molecule has 28 heavy (non-hydrogen) atoms. The van der Waals surface area contributed by atoms with Crippen LogP contribution in [0.2, 0.25) is 0 Å². The van der Waals surface area contributed by atoms with Crippen molar-refractivity contribution in [2.45, 2.75) is 37.5 Å². The van der Waals surface area contributed by atoms with E-state index in [2.05, 4.69) is 10.3 Å². The van der Waals surface area contributed by atoms with Crippen molar-refractivity contribution < 1.29 is 27.5 Å². The summed E-state index contributed by atoms with van der Waals surface area (Å²) in [4.78, 5) is 26.4. The minimum Gasteiger partial charge on any atom is -0.442 e. The van der Waals surface area contributed by atoms with Crippen LogP contribution in [0.5, 0.6) is 0 Å². The van der Waals surface area contributed by atoms with Crippen molar-refractivity contribution in [1.29, 1.82) is 0 Å². The average molecular weight is 393 g/mol. The lowest BCUT2D eigenvalue weighted by atomic mass is 9.89. The lowest BCUT2D eigenvalue weighted by molar-refractivity contribution is -0.127. The molecule has 3 aliphatic rings. The van der Waals surface area contributed by atoms with Gasteiger partial charge in [0.1, 0.15) is 11.9 Å². The zero-order chi connectivity index (χ0) is 19.8. The summed E-state index contributed by atoms with van der Waals surface area (Å²) in [6.45, 7) is 0.195. The SMILES string of the molecule is CN1C(=O)CC(F)(F)c2c3c(cc(F)c21)N1C(=O)O[C@@H](Cn2ccnn2)[C@@H]1C3. The number of hydrogen-bond donors (Lipinski definition) is 0. The number of carbonyl (C=O) groups is 2. The fraction of sp³-hybridized carbons (Fsp3) is 0.412. The third-order valence-electron chi connectivity index (χ3n) is 5.51. The molecule has 11 heteroatoms. The van der Waals surface area contributed by atoms with Gasteiger partial charge < -0.3 is 9.64 Å². The number of alkyl halides is 2. The molecule has 4 heterocycles. The number of carbonyl (C=O) groups excluding carboxylic acids is 2. The van der Waals surface area contributed by atoms with Gasteiger partial charge in [-0.3, -0.25) is 9.69 Å². The number of hydrogen-bond acceptors (Lipinski definition) is 5. The van der Waals surface area contributed by atoms with E-state index in [-0.39, 0.29) is 24.2 Å². The van der Waals surface area contributed by atoms with E-state index < -0.39 is 53.6 Å². The molecule has 0 N–H and O–H groups in total. The Morgan fingerprint density at radius 2 is 2.14 bits per heavy atom. The number of cyclic esters (lactones) is 1. The van der Waals surface area contributed by atoms with E-state index in [0.29, 0.717) is 0 Å². The Bertz CT molecular complexity index is 1010. The number of fused-ring (bicyclic) bond motifs is 5. The van der Waals surface area contributed by atoms with E-state index in [4.69, 9.17) is 4.74 Å². The molecule has 1 aromatic heterocycles. The van der Waals surface area contributed by atoms with Gasteiger partial charge in [0.25, 0.3) is 5.92 Å². The molecular weight excluding hydrogens is 379 g/mol. The first-order chi connectivity index (χ1) is 13.3. The van der Waals surface area contributed by atoms with Gasteiger partial charge in [0.15, 0.2) is 0 Å². The van der Waals surface area contributed by atoms with Gasteiger partial charge in [-0.05, 0) is 12.0 Å². The maximum absolute atomic E-state index is 14.8. The van der Waals surface area contributed by atoms with Gasteiger partial charge in [0, 0.05) is 19.3 Å². The van der Waals surface area contributed by atoms with Crippen molar-refractivity contribution >= 4 is 23.4 Å². The summed E-state index contributed by atoms with van der Waals surface area (Å²) in [5.74, 6) is -5.36. The van der Waals surface area contributed by atoms with Crippen LogP contribution in [0.25, 0.3) is 0 Å². The molecule has 0 bridgehead atoms. The van der Waals surface area contributed by atoms with E-state index in [1.165, 1.54) is 22.8 Å². The molecule has 0 radical (unpaired) electrons. The molecule has 1 fully saturated rings. The Hall–Kier alpha value is -3.11. The van der Waals surface area contributed by atoms with E-state index in [1.54, 1.807) is 6.20 Å². The highest BCUT2D eigenvalue weighted by Crippen LogP contribution is 2.52. The van der Waals surface area contributed by atoms with Gasteiger partial charge >= 0.3 is 6.09 Å². The van der Waals surface area contributed by atoms with Crippen LogP contribution in [-0.4, -0.2) is 46.2 Å². The molecular formula is C17H14F3N5O3. The molecule has 0 spiro atoms. The summed E-state index contributed by atoms with van der Waals surface area (Å²) >= 11 is 0. The van der Waals surface area contributed by atoms with E-state index in [1.807, 2.05) is 0 Å². The Balaban J connectivity index is 1.61. The van der Waals surface area contributed by atoms with Crippen molar-refractivity contribution in [3.8, 4) is 0 Å². The number of anilines is 2.